The molecule has 34 heavy (non-hydrogen) atoms. The van der Waals surface area contributed by atoms with Crippen molar-refractivity contribution < 1.29 is 4.74 Å². The minimum Gasteiger partial charge on any atom is -0.371 e. The Bertz CT molecular complexity index is 962. The van der Waals surface area contributed by atoms with Crippen LogP contribution in [0.3, 0.4) is 0 Å². The van der Waals surface area contributed by atoms with E-state index in [2.05, 4.69) is 57.9 Å². The molecule has 1 aromatic heterocycles. The van der Waals surface area contributed by atoms with E-state index >= 15 is 0 Å². The molecule has 2 saturated carbocycles. The molecule has 0 bridgehead atoms. The molecule has 0 unspecified atom stereocenters. The fourth-order valence-corrected chi connectivity index (χ4v) is 9.73. The molecule has 0 radical (unpaired) electrons. The van der Waals surface area contributed by atoms with Crippen LogP contribution in [0.2, 0.25) is 0 Å². The van der Waals surface area contributed by atoms with Gasteiger partial charge in [0, 0.05) is 5.69 Å². The summed E-state index contributed by atoms with van der Waals surface area (Å²) in [6.45, 7) is 14.9. The van der Waals surface area contributed by atoms with E-state index in [-0.39, 0.29) is 5.60 Å². The molecule has 5 aliphatic rings. The second-order valence-electron chi connectivity index (χ2n) is 13.8. The molecule has 1 spiro atoms. The van der Waals surface area contributed by atoms with Crippen LogP contribution < -0.4 is 0 Å². The first kappa shape index (κ1) is 23.3. The van der Waals surface area contributed by atoms with E-state index in [1.165, 1.54) is 75.5 Å². The van der Waals surface area contributed by atoms with Crippen molar-refractivity contribution in [2.45, 2.75) is 117 Å². The van der Waals surface area contributed by atoms with Gasteiger partial charge in [0.05, 0.1) is 17.9 Å². The second-order valence-corrected chi connectivity index (χ2v) is 13.8. The van der Waals surface area contributed by atoms with Crippen LogP contribution >= 0.6 is 0 Å². The van der Waals surface area contributed by atoms with Gasteiger partial charge in [0.1, 0.15) is 0 Å². The van der Waals surface area contributed by atoms with Gasteiger partial charge in [0.25, 0.3) is 0 Å². The number of allylic oxidation sites excluding steroid dienone is 1. The quantitative estimate of drug-likeness (QED) is 0.470. The number of hydrogen-bond acceptors (Lipinski definition) is 2. The van der Waals surface area contributed by atoms with Crippen LogP contribution in [0.1, 0.15) is 104 Å². The summed E-state index contributed by atoms with van der Waals surface area (Å²) in [5, 5.41) is 7.72. The van der Waals surface area contributed by atoms with Crippen molar-refractivity contribution in [1.82, 2.24) is 10.2 Å². The van der Waals surface area contributed by atoms with Gasteiger partial charge in [-0.1, -0.05) is 52.2 Å². The van der Waals surface area contributed by atoms with Crippen molar-refractivity contribution in [1.29, 1.82) is 0 Å². The second kappa shape index (κ2) is 8.22. The maximum absolute atomic E-state index is 7.13. The molecule has 1 aliphatic heterocycles. The van der Waals surface area contributed by atoms with E-state index in [1.54, 1.807) is 5.57 Å². The molecular weight excluding hydrogens is 416 g/mol. The zero-order valence-electron chi connectivity index (χ0n) is 22.6. The highest BCUT2D eigenvalue weighted by atomic mass is 16.5. The highest BCUT2D eigenvalue weighted by molar-refractivity contribution is 5.31. The van der Waals surface area contributed by atoms with Crippen molar-refractivity contribution in [3.63, 3.8) is 0 Å². The summed E-state index contributed by atoms with van der Waals surface area (Å²) >= 11 is 0. The van der Waals surface area contributed by atoms with Gasteiger partial charge in [-0.15, -0.1) is 0 Å². The number of aromatic amines is 1. The molecule has 3 fully saturated rings. The summed E-state index contributed by atoms with van der Waals surface area (Å²) in [6.07, 6.45) is 15.6. The minimum atomic E-state index is 0.0894. The molecule has 188 valence electrons. The third-order valence-electron chi connectivity index (χ3n) is 12.3. The van der Waals surface area contributed by atoms with Gasteiger partial charge < -0.3 is 4.74 Å². The first-order valence-electron chi connectivity index (χ1n) is 14.6. The van der Waals surface area contributed by atoms with Crippen molar-refractivity contribution in [2.75, 3.05) is 0 Å². The highest BCUT2D eigenvalue weighted by Crippen LogP contribution is 2.64. The molecule has 3 heteroatoms. The average molecular weight is 465 g/mol. The van der Waals surface area contributed by atoms with E-state index in [0.717, 1.165) is 29.6 Å². The summed E-state index contributed by atoms with van der Waals surface area (Å²) in [7, 11) is 0. The van der Waals surface area contributed by atoms with Crippen LogP contribution in [0, 0.1) is 46.8 Å². The summed E-state index contributed by atoms with van der Waals surface area (Å²) in [4.78, 5) is 0. The van der Waals surface area contributed by atoms with Gasteiger partial charge in [-0.25, -0.2) is 0 Å². The maximum Gasteiger partial charge on any atom is 0.0752 e. The number of H-pyrrole nitrogens is 1. The Labute approximate surface area is 207 Å². The number of fused-ring (bicyclic) bond motifs is 6. The zero-order chi connectivity index (χ0) is 23.8. The van der Waals surface area contributed by atoms with Gasteiger partial charge in [-0.2, -0.15) is 5.10 Å². The first-order valence-corrected chi connectivity index (χ1v) is 14.6. The summed E-state index contributed by atoms with van der Waals surface area (Å²) in [6, 6.07) is 0. The monoisotopic (exact) mass is 464 g/mol. The predicted molar refractivity (Wildman–Crippen MR) is 138 cm³/mol. The Morgan fingerprint density at radius 2 is 2.00 bits per heavy atom. The number of aromatic nitrogens is 2. The van der Waals surface area contributed by atoms with Crippen molar-refractivity contribution in [2.24, 2.45) is 46.8 Å². The molecule has 2 heterocycles. The molecule has 4 aliphatic carbocycles. The lowest BCUT2D eigenvalue weighted by Gasteiger charge is -2.52. The normalized spacial score (nSPS) is 46.6. The van der Waals surface area contributed by atoms with E-state index in [0.29, 0.717) is 23.4 Å². The molecule has 10 atom stereocenters. The number of hydrogen-bond donors (Lipinski definition) is 1. The number of nitrogens with zero attached hydrogens (tertiary/aromatic N) is 1. The largest absolute Gasteiger partial charge is 0.371 e. The van der Waals surface area contributed by atoms with E-state index in [4.69, 9.17) is 4.74 Å². The van der Waals surface area contributed by atoms with Gasteiger partial charge in [-0.05, 0) is 117 Å². The van der Waals surface area contributed by atoms with Crippen molar-refractivity contribution in [3.05, 3.63) is 28.6 Å². The van der Waals surface area contributed by atoms with Crippen LogP contribution in [0.4, 0.5) is 0 Å². The summed E-state index contributed by atoms with van der Waals surface area (Å²) < 4.78 is 7.13. The summed E-state index contributed by atoms with van der Waals surface area (Å²) in [5.41, 5.74) is 7.04. The van der Waals surface area contributed by atoms with Crippen molar-refractivity contribution in [3.8, 4) is 0 Å². The van der Waals surface area contributed by atoms with Crippen LogP contribution in [-0.4, -0.2) is 21.9 Å². The van der Waals surface area contributed by atoms with Gasteiger partial charge >= 0.3 is 0 Å². The molecule has 6 rings (SSSR count). The lowest BCUT2D eigenvalue weighted by molar-refractivity contribution is -0.0718. The van der Waals surface area contributed by atoms with Gasteiger partial charge in [-0.3, -0.25) is 5.10 Å². The topological polar surface area (TPSA) is 37.9 Å². The van der Waals surface area contributed by atoms with Crippen LogP contribution in [0.25, 0.3) is 0 Å². The standard InChI is InChI=1S/C31H48N2O/c1-7-18(2)12-29-20(4)21(5)31(34-29)11-10-24-25-9-8-23-13-28-22(17-32-33-28)16-30(23,6)27(25)14-26(24)19(3)15-31/h17-18,20-21,23-25,27,29H,7-16H2,1-6H3,(H,32,33)/t18-,20+,21-,23+,24+,25+,27+,29-,30+,31+/m1/s1. The van der Waals surface area contributed by atoms with Crippen LogP contribution in [0.5, 0.6) is 0 Å². The molecule has 0 aromatic carbocycles. The summed E-state index contributed by atoms with van der Waals surface area (Å²) in [5.74, 6) is 5.50. The van der Waals surface area contributed by atoms with Crippen LogP contribution in [0.15, 0.2) is 17.3 Å². The molecule has 0 amide bonds. The SMILES string of the molecule is CC[C@@H](C)C[C@H]1O[C@]2(CC[C@@H]3C(=C(C)C2)C[C@H]2[C@H]3CC[C@H]3Cc4[nH]ncc4C[C@@]32C)[C@H](C)[C@@H]1C. The van der Waals surface area contributed by atoms with Crippen molar-refractivity contribution >= 4 is 0 Å². The lowest BCUT2D eigenvalue weighted by Crippen LogP contribution is -2.47. The molecule has 3 nitrogen and oxygen atoms in total. The number of ether oxygens (including phenoxy) is 1. The van der Waals surface area contributed by atoms with Crippen LogP contribution in [-0.2, 0) is 17.6 Å². The number of rotatable bonds is 3. The third-order valence-corrected chi connectivity index (χ3v) is 12.3. The zero-order valence-corrected chi connectivity index (χ0v) is 22.6. The molecule has 1 aromatic rings. The molecule has 1 N–H and O–H groups in total. The maximum atomic E-state index is 7.13. The molecular formula is C31H48N2O. The Hall–Kier alpha value is -1.09. The first-order chi connectivity index (χ1) is 16.3. The Kier molecular flexibility index (Phi) is 5.64. The fraction of sp³-hybridized carbons (Fsp3) is 0.839. The van der Waals surface area contributed by atoms with E-state index in [1.807, 2.05) is 5.57 Å². The average Bonchev–Trinajstić information content (AvgIpc) is 3.45. The Morgan fingerprint density at radius 1 is 1.18 bits per heavy atom. The van der Waals surface area contributed by atoms with E-state index < -0.39 is 0 Å². The predicted octanol–water partition coefficient (Wildman–Crippen LogP) is 7.52. The van der Waals surface area contributed by atoms with Gasteiger partial charge in [0.15, 0.2) is 0 Å². The minimum absolute atomic E-state index is 0.0894. The Balaban J connectivity index is 1.27. The Morgan fingerprint density at radius 3 is 2.79 bits per heavy atom. The van der Waals surface area contributed by atoms with Gasteiger partial charge in [0.2, 0.25) is 0 Å². The highest BCUT2D eigenvalue weighted by Gasteiger charge is 2.58. The fourth-order valence-electron chi connectivity index (χ4n) is 9.73. The third kappa shape index (κ3) is 3.35. The van der Waals surface area contributed by atoms with E-state index in [9.17, 15) is 0 Å². The molecule has 1 saturated heterocycles. The lowest BCUT2D eigenvalue weighted by atomic mass is 9.52. The number of nitrogens with one attached hydrogen (secondary N) is 1. The smallest absolute Gasteiger partial charge is 0.0752 e.